The normalized spacial score (nSPS) is 28.3. The number of amides is 1. The number of carbonyl (C=O) groups is 1. The molecule has 1 aromatic rings. The molecular weight excluding hydrogens is 230 g/mol. The summed E-state index contributed by atoms with van der Waals surface area (Å²) < 4.78 is 5.09. The summed E-state index contributed by atoms with van der Waals surface area (Å²) in [6.07, 6.45) is 0.589. The molecule has 0 saturated carbocycles. The van der Waals surface area contributed by atoms with Crippen LogP contribution in [0.1, 0.15) is 20.3 Å². The van der Waals surface area contributed by atoms with Crippen LogP contribution in [-0.4, -0.2) is 30.3 Å². The first kappa shape index (κ1) is 12.9. The van der Waals surface area contributed by atoms with Crippen molar-refractivity contribution in [3.8, 4) is 5.75 Å². The highest BCUT2D eigenvalue weighted by atomic mass is 16.5. The van der Waals surface area contributed by atoms with Crippen LogP contribution in [0.4, 0.5) is 5.69 Å². The molecule has 1 heterocycles. The Morgan fingerprint density at radius 2 is 2.00 bits per heavy atom. The molecule has 2 atom stereocenters. The molecule has 1 aliphatic heterocycles. The van der Waals surface area contributed by atoms with Gasteiger partial charge in [-0.2, -0.15) is 0 Å². The minimum atomic E-state index is -0.903. The second kappa shape index (κ2) is 4.61. The number of hydrogen-bond acceptors (Lipinski definition) is 3. The van der Waals surface area contributed by atoms with Gasteiger partial charge in [0.25, 0.3) is 0 Å². The Hall–Kier alpha value is -1.55. The minimum absolute atomic E-state index is 0.0311. The monoisotopic (exact) mass is 249 g/mol. The van der Waals surface area contributed by atoms with Crippen LogP contribution in [-0.2, 0) is 4.79 Å². The summed E-state index contributed by atoms with van der Waals surface area (Å²) in [6, 6.07) is 7.40. The van der Waals surface area contributed by atoms with Crippen LogP contribution in [0.25, 0.3) is 0 Å². The van der Waals surface area contributed by atoms with E-state index in [0.29, 0.717) is 13.0 Å². The summed E-state index contributed by atoms with van der Waals surface area (Å²) in [6.45, 7) is 4.04. The fraction of sp³-hybridized carbons (Fsp3) is 0.500. The summed E-state index contributed by atoms with van der Waals surface area (Å²) in [5, 5.41) is 10.1. The number of rotatable bonds is 2. The van der Waals surface area contributed by atoms with E-state index >= 15 is 0 Å². The SMILES string of the molecule is COc1ccc(N2CC[C@](C)(O)[C@H](C)C2=O)cc1. The molecular formula is C14H19NO3. The molecule has 1 saturated heterocycles. The molecule has 0 bridgehead atoms. The lowest BCUT2D eigenvalue weighted by molar-refractivity contribution is -0.133. The van der Waals surface area contributed by atoms with Crippen LogP contribution in [0, 0.1) is 5.92 Å². The summed E-state index contributed by atoms with van der Waals surface area (Å²) in [5.74, 6) is 0.355. The lowest BCUT2D eigenvalue weighted by Gasteiger charge is -2.40. The van der Waals surface area contributed by atoms with Crippen LogP contribution < -0.4 is 9.64 Å². The molecule has 1 amide bonds. The van der Waals surface area contributed by atoms with Gasteiger partial charge >= 0.3 is 0 Å². The van der Waals surface area contributed by atoms with Crippen molar-refractivity contribution in [1.29, 1.82) is 0 Å². The maximum Gasteiger partial charge on any atom is 0.232 e. The second-order valence-corrected chi connectivity index (χ2v) is 5.02. The zero-order valence-corrected chi connectivity index (χ0v) is 11.0. The summed E-state index contributed by atoms with van der Waals surface area (Å²) >= 11 is 0. The molecule has 1 aliphatic rings. The number of anilines is 1. The van der Waals surface area contributed by atoms with Gasteiger partial charge in [0.15, 0.2) is 0 Å². The Morgan fingerprint density at radius 3 is 2.56 bits per heavy atom. The van der Waals surface area contributed by atoms with Gasteiger partial charge < -0.3 is 14.7 Å². The quantitative estimate of drug-likeness (QED) is 0.869. The van der Waals surface area contributed by atoms with Crippen molar-refractivity contribution >= 4 is 11.6 Å². The highest BCUT2D eigenvalue weighted by Gasteiger charge is 2.41. The van der Waals surface area contributed by atoms with Gasteiger partial charge in [-0.05, 0) is 37.6 Å². The van der Waals surface area contributed by atoms with Crippen LogP contribution in [0.5, 0.6) is 5.75 Å². The predicted octanol–water partition coefficient (Wildman–Crippen LogP) is 1.82. The Kier molecular flexibility index (Phi) is 3.30. The highest BCUT2D eigenvalue weighted by Crippen LogP contribution is 2.31. The molecule has 4 nitrogen and oxygen atoms in total. The van der Waals surface area contributed by atoms with Gasteiger partial charge in [-0.3, -0.25) is 4.79 Å². The molecule has 4 heteroatoms. The van der Waals surface area contributed by atoms with Gasteiger partial charge in [0.2, 0.25) is 5.91 Å². The maximum atomic E-state index is 12.2. The Bertz CT molecular complexity index is 439. The largest absolute Gasteiger partial charge is 0.497 e. The summed E-state index contributed by atoms with van der Waals surface area (Å²) in [5.41, 5.74) is -0.0526. The van der Waals surface area contributed by atoms with E-state index in [1.54, 1.807) is 25.9 Å². The standard InChI is InChI=1S/C14H19NO3/c1-10-13(16)15(9-8-14(10,2)17)11-4-6-12(18-3)7-5-11/h4-7,10,17H,8-9H2,1-3H3/t10-,14+/m1/s1. The fourth-order valence-electron chi connectivity index (χ4n) is 2.18. The zero-order chi connectivity index (χ0) is 13.3. The van der Waals surface area contributed by atoms with Crippen molar-refractivity contribution in [3.63, 3.8) is 0 Å². The average Bonchev–Trinajstić information content (AvgIpc) is 2.37. The molecule has 1 fully saturated rings. The first-order valence-corrected chi connectivity index (χ1v) is 6.13. The third-order valence-corrected chi connectivity index (χ3v) is 3.79. The second-order valence-electron chi connectivity index (χ2n) is 5.02. The number of piperidine rings is 1. The Balaban J connectivity index is 2.21. The molecule has 0 radical (unpaired) electrons. The van der Waals surface area contributed by atoms with E-state index in [0.717, 1.165) is 11.4 Å². The smallest absolute Gasteiger partial charge is 0.232 e. The predicted molar refractivity (Wildman–Crippen MR) is 69.8 cm³/mol. The van der Waals surface area contributed by atoms with Gasteiger partial charge in [-0.25, -0.2) is 0 Å². The van der Waals surface area contributed by atoms with Gasteiger partial charge in [-0.1, -0.05) is 6.92 Å². The van der Waals surface area contributed by atoms with Crippen molar-refractivity contribution in [2.24, 2.45) is 5.92 Å². The number of benzene rings is 1. The number of carbonyl (C=O) groups excluding carboxylic acids is 1. The van der Waals surface area contributed by atoms with Crippen molar-refractivity contribution in [3.05, 3.63) is 24.3 Å². The van der Waals surface area contributed by atoms with Gasteiger partial charge in [0.1, 0.15) is 5.75 Å². The molecule has 1 N–H and O–H groups in total. The highest BCUT2D eigenvalue weighted by molar-refractivity contribution is 5.96. The van der Waals surface area contributed by atoms with E-state index in [9.17, 15) is 9.90 Å². The van der Waals surface area contributed by atoms with Crippen molar-refractivity contribution in [2.75, 3.05) is 18.6 Å². The number of aliphatic hydroxyl groups is 1. The topological polar surface area (TPSA) is 49.8 Å². The van der Waals surface area contributed by atoms with Gasteiger partial charge in [0, 0.05) is 12.2 Å². The van der Waals surface area contributed by atoms with Crippen molar-refractivity contribution in [1.82, 2.24) is 0 Å². The van der Waals surface area contributed by atoms with E-state index in [1.807, 2.05) is 24.3 Å². The van der Waals surface area contributed by atoms with Gasteiger partial charge in [0.05, 0.1) is 18.6 Å². The average molecular weight is 249 g/mol. The van der Waals surface area contributed by atoms with Gasteiger partial charge in [-0.15, -0.1) is 0 Å². The lowest BCUT2D eigenvalue weighted by atomic mass is 9.83. The molecule has 98 valence electrons. The molecule has 0 aliphatic carbocycles. The molecule has 0 aromatic heterocycles. The van der Waals surface area contributed by atoms with E-state index < -0.39 is 5.60 Å². The lowest BCUT2D eigenvalue weighted by Crippen LogP contribution is -2.53. The first-order valence-electron chi connectivity index (χ1n) is 6.13. The number of methoxy groups -OCH3 is 1. The number of hydrogen-bond donors (Lipinski definition) is 1. The molecule has 2 rings (SSSR count). The zero-order valence-electron chi connectivity index (χ0n) is 11.0. The maximum absolute atomic E-state index is 12.2. The van der Waals surface area contributed by atoms with Crippen molar-refractivity contribution < 1.29 is 14.6 Å². The van der Waals surface area contributed by atoms with Crippen LogP contribution in [0.2, 0.25) is 0 Å². The summed E-state index contributed by atoms with van der Waals surface area (Å²) in [4.78, 5) is 14.0. The number of ether oxygens (including phenoxy) is 1. The van der Waals surface area contributed by atoms with E-state index in [4.69, 9.17) is 4.74 Å². The van der Waals surface area contributed by atoms with Crippen molar-refractivity contribution in [2.45, 2.75) is 25.9 Å². The van der Waals surface area contributed by atoms with E-state index in [2.05, 4.69) is 0 Å². The third kappa shape index (κ3) is 2.20. The fourth-order valence-corrected chi connectivity index (χ4v) is 2.18. The van der Waals surface area contributed by atoms with Crippen LogP contribution in [0.3, 0.4) is 0 Å². The van der Waals surface area contributed by atoms with Crippen LogP contribution in [0.15, 0.2) is 24.3 Å². The van der Waals surface area contributed by atoms with Crippen LogP contribution >= 0.6 is 0 Å². The minimum Gasteiger partial charge on any atom is -0.497 e. The summed E-state index contributed by atoms with van der Waals surface area (Å²) in [7, 11) is 1.61. The first-order chi connectivity index (χ1) is 8.45. The van der Waals surface area contributed by atoms with E-state index in [-0.39, 0.29) is 11.8 Å². The third-order valence-electron chi connectivity index (χ3n) is 3.79. The number of nitrogens with zero attached hydrogens (tertiary/aromatic N) is 1. The van der Waals surface area contributed by atoms with E-state index in [1.165, 1.54) is 0 Å². The Morgan fingerprint density at radius 1 is 1.39 bits per heavy atom. The Labute approximate surface area is 107 Å². The molecule has 1 aromatic carbocycles. The molecule has 0 unspecified atom stereocenters. The molecule has 0 spiro atoms. The molecule has 18 heavy (non-hydrogen) atoms.